The zero-order valence-corrected chi connectivity index (χ0v) is 8.66. The molecule has 0 fully saturated rings. The van der Waals surface area contributed by atoms with Crippen LogP contribution in [0.4, 0.5) is 4.39 Å². The van der Waals surface area contributed by atoms with Crippen LogP contribution >= 0.6 is 0 Å². The Morgan fingerprint density at radius 1 is 1.40 bits per heavy atom. The van der Waals surface area contributed by atoms with Gasteiger partial charge in [0.2, 0.25) is 0 Å². The van der Waals surface area contributed by atoms with Gasteiger partial charge in [0.1, 0.15) is 11.3 Å². The SMILES string of the molecule is Cc1cc(C(C)O)nc2c(F)cccc12. The molecule has 0 saturated heterocycles. The molecule has 2 rings (SSSR count). The predicted octanol–water partition coefficient (Wildman–Crippen LogP) is 2.74. The van der Waals surface area contributed by atoms with Crippen LogP contribution in [0.3, 0.4) is 0 Å². The lowest BCUT2D eigenvalue weighted by Gasteiger charge is -2.08. The Bertz CT molecular complexity index is 508. The zero-order chi connectivity index (χ0) is 11.0. The number of benzene rings is 1. The maximum atomic E-state index is 13.5. The maximum Gasteiger partial charge on any atom is 0.149 e. The van der Waals surface area contributed by atoms with Crippen LogP contribution in [0.25, 0.3) is 10.9 Å². The van der Waals surface area contributed by atoms with Crippen molar-refractivity contribution in [3.05, 3.63) is 41.3 Å². The first kappa shape index (κ1) is 10.1. The van der Waals surface area contributed by atoms with E-state index in [0.29, 0.717) is 11.2 Å². The van der Waals surface area contributed by atoms with E-state index in [2.05, 4.69) is 4.98 Å². The Labute approximate surface area is 87.4 Å². The second kappa shape index (κ2) is 3.59. The maximum absolute atomic E-state index is 13.5. The lowest BCUT2D eigenvalue weighted by atomic mass is 10.1. The summed E-state index contributed by atoms with van der Waals surface area (Å²) in [6.45, 7) is 3.50. The van der Waals surface area contributed by atoms with E-state index in [-0.39, 0.29) is 5.82 Å². The van der Waals surface area contributed by atoms with Gasteiger partial charge in [-0.05, 0) is 31.5 Å². The molecule has 0 saturated carbocycles. The van der Waals surface area contributed by atoms with Crippen molar-refractivity contribution < 1.29 is 9.50 Å². The number of hydrogen-bond acceptors (Lipinski definition) is 2. The highest BCUT2D eigenvalue weighted by molar-refractivity contribution is 5.82. The summed E-state index contributed by atoms with van der Waals surface area (Å²) in [4.78, 5) is 4.11. The fraction of sp³-hybridized carbons (Fsp3) is 0.250. The molecule has 0 aliphatic rings. The molecule has 0 spiro atoms. The fourth-order valence-electron chi connectivity index (χ4n) is 1.62. The van der Waals surface area contributed by atoms with Crippen LogP contribution in [0.15, 0.2) is 24.3 Å². The number of aliphatic hydroxyl groups excluding tert-OH is 1. The Kier molecular flexibility index (Phi) is 2.40. The molecule has 2 nitrogen and oxygen atoms in total. The predicted molar refractivity (Wildman–Crippen MR) is 57.1 cm³/mol. The second-order valence-electron chi connectivity index (χ2n) is 3.68. The van der Waals surface area contributed by atoms with Crippen molar-refractivity contribution in [2.45, 2.75) is 20.0 Å². The Balaban J connectivity index is 2.80. The van der Waals surface area contributed by atoms with Crippen molar-refractivity contribution in [1.29, 1.82) is 0 Å². The Hall–Kier alpha value is -1.48. The molecule has 1 aromatic heterocycles. The van der Waals surface area contributed by atoms with E-state index in [1.165, 1.54) is 6.07 Å². The molecule has 3 heteroatoms. The van der Waals surface area contributed by atoms with Gasteiger partial charge in [-0.15, -0.1) is 0 Å². The number of aromatic nitrogens is 1. The number of hydrogen-bond donors (Lipinski definition) is 1. The van der Waals surface area contributed by atoms with Crippen molar-refractivity contribution in [2.75, 3.05) is 0 Å². The van der Waals surface area contributed by atoms with Gasteiger partial charge in [0.15, 0.2) is 0 Å². The molecular weight excluding hydrogens is 193 g/mol. The molecule has 0 aliphatic carbocycles. The largest absolute Gasteiger partial charge is 0.387 e. The number of nitrogens with zero attached hydrogens (tertiary/aromatic N) is 1. The van der Waals surface area contributed by atoms with Gasteiger partial charge in [0, 0.05) is 5.39 Å². The fourth-order valence-corrected chi connectivity index (χ4v) is 1.62. The quantitative estimate of drug-likeness (QED) is 0.776. The normalized spacial score (nSPS) is 13.1. The molecule has 0 radical (unpaired) electrons. The second-order valence-corrected chi connectivity index (χ2v) is 3.68. The van der Waals surface area contributed by atoms with E-state index in [1.807, 2.05) is 13.0 Å². The highest BCUT2D eigenvalue weighted by atomic mass is 19.1. The minimum absolute atomic E-state index is 0.327. The van der Waals surface area contributed by atoms with E-state index in [4.69, 9.17) is 0 Å². The molecule has 1 heterocycles. The number of fused-ring (bicyclic) bond motifs is 1. The average molecular weight is 205 g/mol. The molecular formula is C12H12FNO. The van der Waals surface area contributed by atoms with Gasteiger partial charge >= 0.3 is 0 Å². The van der Waals surface area contributed by atoms with E-state index < -0.39 is 6.10 Å². The van der Waals surface area contributed by atoms with Gasteiger partial charge in [-0.2, -0.15) is 0 Å². The topological polar surface area (TPSA) is 33.1 Å². The molecule has 1 N–H and O–H groups in total. The number of halogens is 1. The summed E-state index contributed by atoms with van der Waals surface area (Å²) in [7, 11) is 0. The number of pyridine rings is 1. The summed E-state index contributed by atoms with van der Waals surface area (Å²) in [5, 5.41) is 10.2. The molecule has 2 aromatic rings. The van der Waals surface area contributed by atoms with Gasteiger partial charge in [-0.25, -0.2) is 9.37 Å². The summed E-state index contributed by atoms with van der Waals surface area (Å²) < 4.78 is 13.5. The smallest absolute Gasteiger partial charge is 0.149 e. The summed E-state index contributed by atoms with van der Waals surface area (Å²) >= 11 is 0. The van der Waals surface area contributed by atoms with Crippen molar-refractivity contribution in [2.24, 2.45) is 0 Å². The van der Waals surface area contributed by atoms with Crippen molar-refractivity contribution in [1.82, 2.24) is 4.98 Å². The lowest BCUT2D eigenvalue weighted by Crippen LogP contribution is -1.98. The van der Waals surface area contributed by atoms with Crippen LogP contribution in [-0.2, 0) is 0 Å². The third-order valence-corrected chi connectivity index (χ3v) is 2.44. The number of aryl methyl sites for hydroxylation is 1. The van der Waals surface area contributed by atoms with Gasteiger partial charge in [0.05, 0.1) is 11.8 Å². The molecule has 15 heavy (non-hydrogen) atoms. The standard InChI is InChI=1S/C12H12FNO/c1-7-6-11(8(2)15)14-12-9(7)4-3-5-10(12)13/h3-6,8,15H,1-2H3. The van der Waals surface area contributed by atoms with Gasteiger partial charge < -0.3 is 5.11 Å². The average Bonchev–Trinajstić information content (AvgIpc) is 2.19. The van der Waals surface area contributed by atoms with E-state index in [1.54, 1.807) is 19.1 Å². The first-order valence-electron chi connectivity index (χ1n) is 4.83. The van der Waals surface area contributed by atoms with Crippen LogP contribution in [0.1, 0.15) is 24.3 Å². The van der Waals surface area contributed by atoms with Crippen LogP contribution in [0.2, 0.25) is 0 Å². The summed E-state index contributed by atoms with van der Waals surface area (Å²) in [6, 6.07) is 6.65. The first-order chi connectivity index (χ1) is 7.09. The van der Waals surface area contributed by atoms with Gasteiger partial charge in [-0.1, -0.05) is 12.1 Å². The van der Waals surface area contributed by atoms with E-state index >= 15 is 0 Å². The molecule has 0 amide bonds. The Morgan fingerprint density at radius 3 is 2.80 bits per heavy atom. The minimum atomic E-state index is -0.673. The molecule has 1 atom stereocenters. The van der Waals surface area contributed by atoms with Crippen LogP contribution in [-0.4, -0.2) is 10.1 Å². The number of aliphatic hydroxyl groups is 1. The Morgan fingerprint density at radius 2 is 2.13 bits per heavy atom. The van der Waals surface area contributed by atoms with Crippen molar-refractivity contribution in [3.8, 4) is 0 Å². The number of rotatable bonds is 1. The molecule has 0 aliphatic heterocycles. The third kappa shape index (κ3) is 1.70. The highest BCUT2D eigenvalue weighted by Crippen LogP contribution is 2.22. The summed E-state index contributed by atoms with van der Waals surface area (Å²) in [6.07, 6.45) is -0.673. The van der Waals surface area contributed by atoms with Crippen LogP contribution < -0.4 is 0 Å². The van der Waals surface area contributed by atoms with E-state index in [9.17, 15) is 9.50 Å². The zero-order valence-electron chi connectivity index (χ0n) is 8.66. The van der Waals surface area contributed by atoms with Crippen molar-refractivity contribution >= 4 is 10.9 Å². The molecule has 1 unspecified atom stereocenters. The summed E-state index contributed by atoms with van der Waals surface area (Å²) in [5.41, 5.74) is 1.76. The van der Waals surface area contributed by atoms with Crippen LogP contribution in [0, 0.1) is 12.7 Å². The van der Waals surface area contributed by atoms with Crippen LogP contribution in [0.5, 0.6) is 0 Å². The summed E-state index contributed by atoms with van der Waals surface area (Å²) in [5.74, 6) is -0.349. The molecule has 0 bridgehead atoms. The highest BCUT2D eigenvalue weighted by Gasteiger charge is 2.09. The first-order valence-corrected chi connectivity index (χ1v) is 4.83. The molecule has 78 valence electrons. The molecule has 1 aromatic carbocycles. The van der Waals surface area contributed by atoms with Gasteiger partial charge in [0.25, 0.3) is 0 Å². The monoisotopic (exact) mass is 205 g/mol. The van der Waals surface area contributed by atoms with Gasteiger partial charge in [-0.3, -0.25) is 0 Å². The van der Waals surface area contributed by atoms with Crippen molar-refractivity contribution in [3.63, 3.8) is 0 Å². The van der Waals surface area contributed by atoms with E-state index in [0.717, 1.165) is 10.9 Å². The number of para-hydroxylation sites is 1. The third-order valence-electron chi connectivity index (χ3n) is 2.44. The minimum Gasteiger partial charge on any atom is -0.387 e. The lowest BCUT2D eigenvalue weighted by molar-refractivity contribution is 0.194.